The van der Waals surface area contributed by atoms with Crippen molar-refractivity contribution in [2.45, 2.75) is 0 Å². The molecule has 384 valence electrons. The van der Waals surface area contributed by atoms with Crippen molar-refractivity contribution in [2.75, 3.05) is 0 Å². The highest BCUT2D eigenvalue weighted by molar-refractivity contribution is 6.06. The Bertz CT molecular complexity index is 4280. The van der Waals surface area contributed by atoms with E-state index in [9.17, 15) is 14.4 Å². The lowest BCUT2D eigenvalue weighted by molar-refractivity contribution is 0.0737. The van der Waals surface area contributed by atoms with Crippen LogP contribution in [-0.4, -0.2) is 17.9 Å². The van der Waals surface area contributed by atoms with Crippen LogP contribution in [0.15, 0.2) is 285 Å². The Morgan fingerprint density at radius 2 is 0.444 bits per heavy atom. The van der Waals surface area contributed by atoms with Gasteiger partial charge in [0.1, 0.15) is 17.2 Å². The Hall–Kier alpha value is -11.4. The minimum atomic E-state index is -0.855. The molecule has 0 saturated heterocycles. The zero-order chi connectivity index (χ0) is 54.7. The number of fused-ring (bicyclic) bond motifs is 6. The second kappa shape index (κ2) is 21.6. The van der Waals surface area contributed by atoms with Crippen molar-refractivity contribution in [3.8, 4) is 17.2 Å². The number of nitrogens with zero attached hydrogens (tertiary/aromatic N) is 6. The summed E-state index contributed by atoms with van der Waals surface area (Å²) in [5.74, 6) is -1.93. The molecule has 13 aromatic rings. The minimum Gasteiger partial charge on any atom is -0.422 e. The normalized spacial score (nSPS) is 11.7. The van der Waals surface area contributed by atoms with Crippen LogP contribution in [0.3, 0.4) is 0 Å². The zero-order valence-corrected chi connectivity index (χ0v) is 42.9. The third-order valence-corrected chi connectivity index (χ3v) is 13.9. The van der Waals surface area contributed by atoms with Gasteiger partial charge in [0, 0.05) is 48.5 Å². The Labute approximate surface area is 462 Å². The first-order chi connectivity index (χ1) is 39.9. The summed E-state index contributed by atoms with van der Waals surface area (Å²) in [6.45, 7) is 0. The Balaban J connectivity index is 0.833. The van der Waals surface area contributed by atoms with Gasteiger partial charge >= 0.3 is 17.9 Å². The SMILES string of the molecule is O=C(Oc1ccc(N=Nc2cccc3ccccc23)c2ccccc12)c1cc(C(=O)Oc2ccc(N=Nc3cccc4ccccc34)c3ccccc23)cc(C(=O)Oc2ccc(N=Nc3cccc4ccccc34)c3ccccc23)c1. The summed E-state index contributed by atoms with van der Waals surface area (Å²) in [4.78, 5) is 43.6. The van der Waals surface area contributed by atoms with Crippen molar-refractivity contribution in [3.05, 3.63) is 271 Å². The van der Waals surface area contributed by atoms with Gasteiger partial charge in [-0.3, -0.25) is 0 Å². The molecule has 0 bridgehead atoms. The lowest BCUT2D eigenvalue weighted by atomic mass is 10.0. The van der Waals surface area contributed by atoms with Crippen LogP contribution in [0.25, 0.3) is 64.6 Å². The predicted octanol–water partition coefficient (Wildman–Crippen LogP) is 19.5. The van der Waals surface area contributed by atoms with Gasteiger partial charge in [-0.1, -0.05) is 182 Å². The molecule has 13 rings (SSSR count). The van der Waals surface area contributed by atoms with Gasteiger partial charge < -0.3 is 14.2 Å². The van der Waals surface area contributed by atoms with E-state index in [2.05, 4.69) is 30.7 Å². The molecule has 0 heterocycles. The molecule has 0 fully saturated rings. The van der Waals surface area contributed by atoms with Gasteiger partial charge in [0.05, 0.1) is 50.8 Å². The summed E-state index contributed by atoms with van der Waals surface area (Å²) < 4.78 is 18.4. The quantitative estimate of drug-likeness (QED) is 0.0674. The Kier molecular flexibility index (Phi) is 13.1. The summed E-state index contributed by atoms with van der Waals surface area (Å²) in [5.41, 5.74) is 3.40. The van der Waals surface area contributed by atoms with Gasteiger partial charge in [0.2, 0.25) is 0 Å². The highest BCUT2D eigenvalue weighted by Gasteiger charge is 2.23. The van der Waals surface area contributed by atoms with Crippen molar-refractivity contribution >= 4 is 117 Å². The smallest absolute Gasteiger partial charge is 0.343 e. The van der Waals surface area contributed by atoms with Crippen LogP contribution in [0.4, 0.5) is 34.1 Å². The first-order valence-corrected chi connectivity index (χ1v) is 25.9. The average molecular weight is 1050 g/mol. The molecule has 0 radical (unpaired) electrons. The van der Waals surface area contributed by atoms with Crippen LogP contribution >= 0.6 is 0 Å². The van der Waals surface area contributed by atoms with Gasteiger partial charge in [-0.2, -0.15) is 0 Å². The maximum absolute atomic E-state index is 14.5. The molecular formula is C69H42N6O6. The second-order valence-corrected chi connectivity index (χ2v) is 18.9. The molecule has 0 unspecified atom stereocenters. The number of esters is 3. The van der Waals surface area contributed by atoms with Gasteiger partial charge in [-0.05, 0) is 89.0 Å². The van der Waals surface area contributed by atoms with E-state index in [-0.39, 0.29) is 33.9 Å². The predicted molar refractivity (Wildman–Crippen MR) is 318 cm³/mol. The molecule has 0 amide bonds. The van der Waals surface area contributed by atoms with E-state index >= 15 is 0 Å². The second-order valence-electron chi connectivity index (χ2n) is 18.9. The molecule has 0 aromatic heterocycles. The van der Waals surface area contributed by atoms with E-state index in [0.717, 1.165) is 32.3 Å². The summed E-state index contributed by atoms with van der Waals surface area (Å²) in [6, 6.07) is 77.5. The molecular weight excluding hydrogens is 1010 g/mol. The topological polar surface area (TPSA) is 153 Å². The van der Waals surface area contributed by atoms with Crippen molar-refractivity contribution in [1.29, 1.82) is 0 Å². The summed E-state index contributed by atoms with van der Waals surface area (Å²) >= 11 is 0. The molecule has 0 spiro atoms. The van der Waals surface area contributed by atoms with E-state index in [1.54, 1.807) is 36.4 Å². The fraction of sp³-hybridized carbons (Fsp3) is 0. The van der Waals surface area contributed by atoms with Crippen LogP contribution in [0.2, 0.25) is 0 Å². The maximum atomic E-state index is 14.5. The Morgan fingerprint density at radius 3 is 0.728 bits per heavy atom. The van der Waals surface area contributed by atoms with E-state index in [4.69, 9.17) is 14.2 Å². The highest BCUT2D eigenvalue weighted by atomic mass is 16.5. The summed E-state index contributed by atoms with van der Waals surface area (Å²) in [6.07, 6.45) is 0. The molecule has 12 heteroatoms. The molecule has 13 aromatic carbocycles. The molecule has 81 heavy (non-hydrogen) atoms. The molecule has 0 aliphatic rings. The molecule has 12 nitrogen and oxygen atoms in total. The van der Waals surface area contributed by atoms with E-state index in [1.807, 2.05) is 200 Å². The monoisotopic (exact) mass is 1050 g/mol. The number of hydrogen-bond acceptors (Lipinski definition) is 12. The Morgan fingerprint density at radius 1 is 0.222 bits per heavy atom. The lowest BCUT2D eigenvalue weighted by Gasteiger charge is -2.13. The van der Waals surface area contributed by atoms with Gasteiger partial charge in [-0.25, -0.2) is 14.4 Å². The lowest BCUT2D eigenvalue weighted by Crippen LogP contribution is -2.17. The van der Waals surface area contributed by atoms with Crippen molar-refractivity contribution in [2.24, 2.45) is 30.7 Å². The number of ether oxygens (including phenoxy) is 3. The molecule has 0 aliphatic carbocycles. The standard InChI is InChI=1S/C69H42N6O6/c76-67(79-64-37-34-61(52-25-7-10-28-55(52)64)73-70-58-31-13-19-43-16-1-4-22-49(43)58)46-40-47(68(77)80-65-38-35-62(53-26-8-11-29-56(53)65)74-71-59-32-14-20-44-17-2-5-23-50(44)59)42-48(41-46)69(78)81-66-39-36-63(54-27-9-12-30-57(54)66)75-72-60-33-15-21-45-18-3-6-24-51(45)60/h1-42H. The van der Waals surface area contributed by atoms with Crippen molar-refractivity contribution < 1.29 is 28.6 Å². The highest BCUT2D eigenvalue weighted by Crippen LogP contribution is 2.40. The maximum Gasteiger partial charge on any atom is 0.343 e. The average Bonchev–Trinajstić information content (AvgIpc) is 3.57. The van der Waals surface area contributed by atoms with Gasteiger partial charge in [0.15, 0.2) is 0 Å². The van der Waals surface area contributed by atoms with Crippen LogP contribution in [-0.2, 0) is 0 Å². The fourth-order valence-corrected chi connectivity index (χ4v) is 9.96. The number of benzene rings is 13. The number of hydrogen-bond donors (Lipinski definition) is 0. The van der Waals surface area contributed by atoms with Crippen LogP contribution in [0, 0.1) is 0 Å². The first kappa shape index (κ1) is 49.2. The fourth-order valence-electron chi connectivity index (χ4n) is 9.96. The first-order valence-electron chi connectivity index (χ1n) is 25.9. The third kappa shape index (κ3) is 9.99. The van der Waals surface area contributed by atoms with E-state index in [1.165, 1.54) is 18.2 Å². The summed E-state index contributed by atoms with van der Waals surface area (Å²) in [7, 11) is 0. The number of carbonyl (C=O) groups excluding carboxylic acids is 3. The number of carbonyl (C=O) groups is 3. The largest absolute Gasteiger partial charge is 0.422 e. The van der Waals surface area contributed by atoms with Crippen LogP contribution in [0.5, 0.6) is 17.2 Å². The van der Waals surface area contributed by atoms with Crippen molar-refractivity contribution in [3.63, 3.8) is 0 Å². The van der Waals surface area contributed by atoms with E-state index < -0.39 is 17.9 Å². The molecule has 0 N–H and O–H groups in total. The number of azo groups is 3. The van der Waals surface area contributed by atoms with Crippen LogP contribution < -0.4 is 14.2 Å². The zero-order valence-electron chi connectivity index (χ0n) is 42.9. The molecule has 0 aliphatic heterocycles. The van der Waals surface area contributed by atoms with Gasteiger partial charge in [0.25, 0.3) is 0 Å². The third-order valence-electron chi connectivity index (χ3n) is 13.9. The molecule has 0 saturated carbocycles. The van der Waals surface area contributed by atoms with Crippen LogP contribution in [0.1, 0.15) is 31.1 Å². The number of rotatable bonds is 12. The molecule has 0 atom stereocenters. The van der Waals surface area contributed by atoms with E-state index in [0.29, 0.717) is 66.4 Å². The summed E-state index contributed by atoms with van der Waals surface area (Å²) in [5, 5.41) is 37.5. The minimum absolute atomic E-state index is 0.122. The van der Waals surface area contributed by atoms with Crippen molar-refractivity contribution in [1.82, 2.24) is 0 Å². The van der Waals surface area contributed by atoms with Gasteiger partial charge in [-0.15, -0.1) is 30.7 Å².